The molecule has 0 aliphatic heterocycles. The van der Waals surface area contributed by atoms with Crippen molar-refractivity contribution in [1.29, 1.82) is 0 Å². The Hall–Kier alpha value is -1.52. The van der Waals surface area contributed by atoms with Crippen molar-refractivity contribution in [1.82, 2.24) is 0 Å². The molecule has 90 valence electrons. The van der Waals surface area contributed by atoms with Crippen molar-refractivity contribution in [2.45, 2.75) is 13.2 Å². The Kier molecular flexibility index (Phi) is 4.01. The minimum Gasteiger partial charge on any atom is -0.493 e. The Bertz CT molecular complexity index is 482. The Labute approximate surface area is 105 Å². The van der Waals surface area contributed by atoms with E-state index in [4.69, 9.17) is 15.2 Å². The van der Waals surface area contributed by atoms with E-state index in [1.54, 1.807) is 18.4 Å². The first-order chi connectivity index (χ1) is 8.33. The van der Waals surface area contributed by atoms with Crippen LogP contribution in [0.1, 0.15) is 9.75 Å². The van der Waals surface area contributed by atoms with Crippen molar-refractivity contribution in [2.75, 3.05) is 7.11 Å². The molecule has 2 aromatic rings. The van der Waals surface area contributed by atoms with Crippen molar-refractivity contribution in [2.24, 2.45) is 5.73 Å². The van der Waals surface area contributed by atoms with Crippen LogP contribution in [-0.2, 0) is 13.2 Å². The molecule has 0 unspecified atom stereocenters. The van der Waals surface area contributed by atoms with Gasteiger partial charge >= 0.3 is 0 Å². The molecular formula is C13H15NO2S. The van der Waals surface area contributed by atoms with Crippen LogP contribution in [0.3, 0.4) is 0 Å². The maximum atomic E-state index is 5.72. The lowest BCUT2D eigenvalue weighted by Gasteiger charge is -2.08. The van der Waals surface area contributed by atoms with Crippen molar-refractivity contribution < 1.29 is 9.47 Å². The van der Waals surface area contributed by atoms with E-state index in [1.807, 2.05) is 36.4 Å². The first-order valence-corrected chi connectivity index (χ1v) is 6.18. The molecule has 0 atom stereocenters. The molecule has 2 rings (SSSR count). The van der Waals surface area contributed by atoms with Crippen LogP contribution >= 0.6 is 11.3 Å². The second-order valence-corrected chi connectivity index (χ2v) is 4.76. The minimum absolute atomic E-state index is 0.547. The average molecular weight is 249 g/mol. The van der Waals surface area contributed by atoms with Gasteiger partial charge in [0.25, 0.3) is 0 Å². The van der Waals surface area contributed by atoms with Crippen LogP contribution in [0, 0.1) is 0 Å². The zero-order valence-electron chi connectivity index (χ0n) is 9.68. The topological polar surface area (TPSA) is 44.5 Å². The average Bonchev–Trinajstić information content (AvgIpc) is 2.84. The fourth-order valence-corrected chi connectivity index (χ4v) is 2.31. The Morgan fingerprint density at radius 1 is 1.06 bits per heavy atom. The molecule has 0 saturated carbocycles. The number of rotatable bonds is 5. The molecule has 0 spiro atoms. The van der Waals surface area contributed by atoms with Gasteiger partial charge in [-0.1, -0.05) is 12.1 Å². The van der Waals surface area contributed by atoms with Crippen LogP contribution in [0.4, 0.5) is 0 Å². The van der Waals surface area contributed by atoms with E-state index in [1.165, 1.54) is 4.88 Å². The normalized spacial score (nSPS) is 10.2. The van der Waals surface area contributed by atoms with E-state index >= 15 is 0 Å². The van der Waals surface area contributed by atoms with Gasteiger partial charge in [-0.05, 0) is 24.3 Å². The third kappa shape index (κ3) is 2.99. The molecule has 2 N–H and O–H groups in total. The van der Waals surface area contributed by atoms with Gasteiger partial charge in [0, 0.05) is 16.3 Å². The summed E-state index contributed by atoms with van der Waals surface area (Å²) in [5.74, 6) is 1.51. The molecule has 3 nitrogen and oxygen atoms in total. The van der Waals surface area contributed by atoms with Gasteiger partial charge in [0.15, 0.2) is 11.5 Å². The van der Waals surface area contributed by atoms with Crippen molar-refractivity contribution >= 4 is 11.3 Å². The number of thiophene rings is 1. The van der Waals surface area contributed by atoms with Gasteiger partial charge in [0.1, 0.15) is 6.61 Å². The molecule has 1 heterocycles. The predicted octanol–water partition coefficient (Wildman–Crippen LogP) is 2.79. The summed E-state index contributed by atoms with van der Waals surface area (Å²) < 4.78 is 10.9. The van der Waals surface area contributed by atoms with Gasteiger partial charge in [-0.3, -0.25) is 0 Å². The zero-order valence-corrected chi connectivity index (χ0v) is 10.5. The number of hydrogen-bond acceptors (Lipinski definition) is 4. The zero-order chi connectivity index (χ0) is 12.1. The SMILES string of the molecule is COc1ccccc1OCc1ccc(CN)s1. The fraction of sp³-hybridized carbons (Fsp3) is 0.231. The van der Waals surface area contributed by atoms with Gasteiger partial charge in [-0.2, -0.15) is 0 Å². The van der Waals surface area contributed by atoms with Gasteiger partial charge < -0.3 is 15.2 Å². The largest absolute Gasteiger partial charge is 0.493 e. The monoisotopic (exact) mass is 249 g/mol. The van der Waals surface area contributed by atoms with Crippen LogP contribution in [0.25, 0.3) is 0 Å². The smallest absolute Gasteiger partial charge is 0.161 e. The summed E-state index contributed by atoms with van der Waals surface area (Å²) in [5, 5.41) is 0. The molecule has 0 aliphatic carbocycles. The van der Waals surface area contributed by atoms with Crippen LogP contribution in [0.2, 0.25) is 0 Å². The van der Waals surface area contributed by atoms with Crippen LogP contribution < -0.4 is 15.2 Å². The molecular weight excluding hydrogens is 234 g/mol. The summed E-state index contributed by atoms with van der Waals surface area (Å²) in [5.41, 5.74) is 5.57. The van der Waals surface area contributed by atoms with Crippen LogP contribution in [0.15, 0.2) is 36.4 Å². The Morgan fingerprint density at radius 3 is 2.41 bits per heavy atom. The second kappa shape index (κ2) is 5.70. The minimum atomic E-state index is 0.547. The van der Waals surface area contributed by atoms with Gasteiger partial charge in [0.2, 0.25) is 0 Å². The first-order valence-electron chi connectivity index (χ1n) is 5.37. The van der Waals surface area contributed by atoms with Gasteiger partial charge in [-0.25, -0.2) is 0 Å². The first kappa shape index (κ1) is 12.0. The number of hydrogen-bond donors (Lipinski definition) is 1. The molecule has 0 aliphatic rings. The quantitative estimate of drug-likeness (QED) is 0.886. The summed E-state index contributed by atoms with van der Waals surface area (Å²) in [4.78, 5) is 2.33. The van der Waals surface area contributed by atoms with Crippen molar-refractivity contribution in [3.63, 3.8) is 0 Å². The lowest BCUT2D eigenvalue weighted by atomic mass is 10.3. The molecule has 17 heavy (non-hydrogen) atoms. The molecule has 1 aromatic carbocycles. The van der Waals surface area contributed by atoms with E-state index in [2.05, 4.69) is 0 Å². The predicted molar refractivity (Wildman–Crippen MR) is 69.5 cm³/mol. The standard InChI is InChI=1S/C13H15NO2S/c1-15-12-4-2-3-5-13(12)16-9-11-7-6-10(8-14)17-11/h2-7H,8-9,14H2,1H3. The summed E-state index contributed by atoms with van der Waals surface area (Å²) in [6.45, 7) is 1.13. The number of benzene rings is 1. The molecule has 1 aromatic heterocycles. The van der Waals surface area contributed by atoms with E-state index in [0.29, 0.717) is 13.2 Å². The Morgan fingerprint density at radius 2 is 1.76 bits per heavy atom. The highest BCUT2D eigenvalue weighted by Gasteiger charge is 2.04. The summed E-state index contributed by atoms with van der Waals surface area (Å²) in [7, 11) is 1.64. The number of para-hydroxylation sites is 2. The fourth-order valence-electron chi connectivity index (χ4n) is 1.50. The highest BCUT2D eigenvalue weighted by atomic mass is 32.1. The lowest BCUT2D eigenvalue weighted by molar-refractivity contribution is 0.287. The third-order valence-corrected chi connectivity index (χ3v) is 3.44. The number of methoxy groups -OCH3 is 1. The highest BCUT2D eigenvalue weighted by Crippen LogP contribution is 2.27. The van der Waals surface area contributed by atoms with Gasteiger partial charge in [-0.15, -0.1) is 11.3 Å². The van der Waals surface area contributed by atoms with Crippen LogP contribution in [-0.4, -0.2) is 7.11 Å². The van der Waals surface area contributed by atoms with E-state index in [0.717, 1.165) is 16.4 Å². The van der Waals surface area contributed by atoms with Crippen molar-refractivity contribution in [3.05, 3.63) is 46.2 Å². The maximum Gasteiger partial charge on any atom is 0.161 e. The second-order valence-electron chi connectivity index (χ2n) is 3.51. The summed E-state index contributed by atoms with van der Waals surface area (Å²) in [6, 6.07) is 11.7. The number of nitrogens with two attached hydrogens (primary N) is 1. The van der Waals surface area contributed by atoms with Crippen LogP contribution in [0.5, 0.6) is 11.5 Å². The Balaban J connectivity index is 2.01. The molecule has 0 bridgehead atoms. The molecule has 0 fully saturated rings. The van der Waals surface area contributed by atoms with E-state index in [-0.39, 0.29) is 0 Å². The summed E-state index contributed by atoms with van der Waals surface area (Å²) in [6.07, 6.45) is 0. The third-order valence-electron chi connectivity index (χ3n) is 2.36. The highest BCUT2D eigenvalue weighted by molar-refractivity contribution is 7.11. The lowest BCUT2D eigenvalue weighted by Crippen LogP contribution is -1.95. The van der Waals surface area contributed by atoms with E-state index in [9.17, 15) is 0 Å². The molecule has 4 heteroatoms. The molecule has 0 saturated heterocycles. The summed E-state index contributed by atoms with van der Waals surface area (Å²) >= 11 is 1.67. The van der Waals surface area contributed by atoms with Gasteiger partial charge in [0.05, 0.1) is 7.11 Å². The molecule has 0 amide bonds. The number of ether oxygens (including phenoxy) is 2. The maximum absolute atomic E-state index is 5.72. The van der Waals surface area contributed by atoms with E-state index < -0.39 is 0 Å². The van der Waals surface area contributed by atoms with Crippen molar-refractivity contribution in [3.8, 4) is 11.5 Å². The molecule has 0 radical (unpaired) electrons.